The van der Waals surface area contributed by atoms with E-state index in [4.69, 9.17) is 10.2 Å². The first-order valence-electron chi connectivity index (χ1n) is 9.12. The molecule has 0 bridgehead atoms. The van der Waals surface area contributed by atoms with Gasteiger partial charge in [-0.3, -0.25) is 0 Å². The van der Waals surface area contributed by atoms with Gasteiger partial charge in [-0.15, -0.1) is 0 Å². The van der Waals surface area contributed by atoms with E-state index in [1.165, 1.54) is 12.2 Å². The molecule has 26 heavy (non-hydrogen) atoms. The van der Waals surface area contributed by atoms with E-state index < -0.39 is 18.4 Å². The number of rotatable bonds is 6. The maximum atomic E-state index is 13.4. The summed E-state index contributed by atoms with van der Waals surface area (Å²) in [5.41, 5.74) is 0. The first kappa shape index (κ1) is 11.9. The molecule has 4 atom stereocenters. The number of carbonyl (C=O) groups excluding carboxylic acids is 2. The fourth-order valence-corrected chi connectivity index (χ4v) is 98.4. The molecule has 136 valence electrons. The minimum atomic E-state index is -4.48. The Hall–Kier alpha value is -1.72. The Labute approximate surface area is 137 Å². The molecule has 0 radical (unpaired) electrons. The Morgan fingerprint density at radius 2 is 1.08 bits per heavy atom. The zero-order valence-electron chi connectivity index (χ0n) is 13.7. The zero-order valence-corrected chi connectivity index (χ0v) is 14.8. The second-order valence-corrected chi connectivity index (χ2v) is 35.4. The summed E-state index contributed by atoms with van der Waals surface area (Å²) in [4.78, 5) is 52.9. The van der Waals surface area contributed by atoms with Crippen molar-refractivity contribution in [3.8, 4) is 0 Å². The van der Waals surface area contributed by atoms with Crippen LogP contribution in [0.1, 0.15) is 6.92 Å². The number of hydrogen-bond acceptors (Lipinski definition) is 4. The van der Waals surface area contributed by atoms with Gasteiger partial charge in [0.25, 0.3) is 0 Å². The number of fused-ring (bicyclic) bond motifs is 10. The van der Waals surface area contributed by atoms with Crippen LogP contribution in [0.3, 0.4) is 0 Å². The monoisotopic (exact) mass is 396 g/mol. The van der Waals surface area contributed by atoms with Crippen molar-refractivity contribution in [3.63, 3.8) is 0 Å². The standard InChI is InChI=1S/C14H11O6.C5H5.Fe/c1-8-9(11(15)4-6-13(17)18)2-3-10(8)12(16)5-7-14(19)20;1-2-4-5-3-1;/h2-7H,1H3,(H,17,18)(H,19,20);1-5H;. The van der Waals surface area contributed by atoms with Crippen molar-refractivity contribution in [2.24, 2.45) is 0 Å². The Bertz CT molecular complexity index is 1400. The molecule has 0 aromatic carbocycles. The van der Waals surface area contributed by atoms with Gasteiger partial charge in [0, 0.05) is 0 Å². The van der Waals surface area contributed by atoms with Crippen LogP contribution in [0.15, 0.2) is 24.3 Å². The molecular weight excluding hydrogens is 380 g/mol. The molecular formula is C19H16FeO6. The number of ketones is 2. The second kappa shape index (κ2) is 1.20. The van der Waals surface area contributed by atoms with Crippen LogP contribution in [-0.4, -0.2) is 33.7 Å². The SMILES string of the molecule is C[C]12[C]3(C(=O)C=CC(=O)O)[CH]4[CH]5[C]1(C(=O)C=CC(=O)O)[Fe]45321678[CH]2[CH]1[CH]6[CH]7[CH]28. The zero-order chi connectivity index (χ0) is 18.0. The van der Waals surface area contributed by atoms with Gasteiger partial charge < -0.3 is 0 Å². The summed E-state index contributed by atoms with van der Waals surface area (Å²) >= 11 is 0. The number of carbonyl (C=O) groups is 4. The third kappa shape index (κ3) is 0.148. The maximum absolute atomic E-state index is 13.4. The van der Waals surface area contributed by atoms with E-state index in [9.17, 15) is 19.2 Å². The van der Waals surface area contributed by atoms with Crippen LogP contribution < -0.4 is 0 Å². The van der Waals surface area contributed by atoms with E-state index in [2.05, 4.69) is 6.92 Å². The molecule has 0 saturated carbocycles. The molecule has 10 aliphatic rings. The molecule has 0 amide bonds. The van der Waals surface area contributed by atoms with Gasteiger partial charge in [-0.05, 0) is 0 Å². The third-order valence-corrected chi connectivity index (χ3v) is 61.8. The number of carboxylic acids is 2. The third-order valence-electron chi connectivity index (χ3n) is 17.3. The van der Waals surface area contributed by atoms with Gasteiger partial charge in [-0.2, -0.15) is 0 Å². The normalized spacial score (nSPS) is 87.8. The van der Waals surface area contributed by atoms with E-state index in [0.717, 1.165) is 12.2 Å². The number of allylic oxidation sites excluding steroid dienone is 2. The van der Waals surface area contributed by atoms with Crippen molar-refractivity contribution in [3.05, 3.63) is 24.3 Å². The molecule has 4 unspecified atom stereocenters. The minimum absolute atomic E-state index is 0.0123. The fourth-order valence-electron chi connectivity index (χ4n) is 20.0. The van der Waals surface area contributed by atoms with Crippen LogP contribution in [0.2, 0.25) is 46.7 Å². The van der Waals surface area contributed by atoms with Crippen molar-refractivity contribution in [2.45, 2.75) is 53.6 Å². The summed E-state index contributed by atoms with van der Waals surface area (Å²) in [6, 6.07) is 0. The quantitative estimate of drug-likeness (QED) is 0.528. The molecule has 2 N–H and O–H groups in total. The van der Waals surface area contributed by atoms with Crippen LogP contribution in [0.4, 0.5) is 0 Å². The Morgan fingerprint density at radius 1 is 0.731 bits per heavy atom. The summed E-state index contributed by atoms with van der Waals surface area (Å²) in [5, 5.41) is 17.9. The van der Waals surface area contributed by atoms with Gasteiger partial charge in [0.2, 0.25) is 0 Å². The summed E-state index contributed by atoms with van der Waals surface area (Å²) in [7, 11) is 0. The van der Waals surface area contributed by atoms with Crippen molar-refractivity contribution in [1.82, 2.24) is 0 Å². The summed E-state index contributed by atoms with van der Waals surface area (Å²) < 4.78 is -0.848. The number of aliphatic carboxylic acids is 2. The average molecular weight is 396 g/mol. The first-order valence-corrected chi connectivity index (χ1v) is 15.2. The van der Waals surface area contributed by atoms with Gasteiger partial charge in [0.05, 0.1) is 0 Å². The van der Waals surface area contributed by atoms with Gasteiger partial charge in [0.15, 0.2) is 0 Å². The molecule has 7 heteroatoms. The summed E-state index contributed by atoms with van der Waals surface area (Å²) in [6.45, 7) is -2.27. The first-order chi connectivity index (χ1) is 12.0. The van der Waals surface area contributed by atoms with Crippen molar-refractivity contribution >= 4 is 23.5 Å². The predicted molar refractivity (Wildman–Crippen MR) is 83.6 cm³/mol. The van der Waals surface area contributed by atoms with E-state index in [0.29, 0.717) is 33.7 Å². The molecule has 10 heterocycles. The van der Waals surface area contributed by atoms with Gasteiger partial charge in [-0.25, -0.2) is 0 Å². The van der Waals surface area contributed by atoms with Crippen LogP contribution in [-0.2, 0) is 25.7 Å². The Morgan fingerprint density at radius 3 is 1.31 bits per heavy atom. The Kier molecular flexibility index (Phi) is 0.547. The van der Waals surface area contributed by atoms with Crippen molar-refractivity contribution < 1.29 is 35.9 Å². The van der Waals surface area contributed by atoms with E-state index in [1.54, 1.807) is 0 Å². The van der Waals surface area contributed by atoms with E-state index >= 15 is 0 Å². The molecule has 10 fully saturated rings. The van der Waals surface area contributed by atoms with Gasteiger partial charge >= 0.3 is 137 Å². The molecule has 10 rings (SSSR count). The topological polar surface area (TPSA) is 109 Å². The molecule has 0 aromatic rings. The van der Waals surface area contributed by atoms with E-state index in [-0.39, 0.29) is 24.5 Å². The average Bonchev–Trinajstić information content (AvgIpc) is 3.52. The van der Waals surface area contributed by atoms with Crippen molar-refractivity contribution in [2.75, 3.05) is 0 Å². The molecule has 10 aliphatic heterocycles. The predicted octanol–water partition coefficient (Wildman–Crippen LogP) is 2.93. The summed E-state index contributed by atoms with van der Waals surface area (Å²) in [6.07, 6.45) is 4.52. The van der Waals surface area contributed by atoms with Crippen molar-refractivity contribution in [1.29, 1.82) is 0 Å². The second-order valence-electron chi connectivity index (χ2n) is 12.2. The van der Waals surface area contributed by atoms with Crippen LogP contribution >= 0.6 is 0 Å². The molecule has 1 spiro atoms. The molecule has 6 nitrogen and oxygen atoms in total. The van der Waals surface area contributed by atoms with Gasteiger partial charge in [-0.1, -0.05) is 0 Å². The van der Waals surface area contributed by atoms with Crippen LogP contribution in [0, 0.1) is 0 Å². The molecule has 10 saturated heterocycles. The Balaban J connectivity index is 1.32. The summed E-state index contributed by atoms with van der Waals surface area (Å²) in [5.74, 6) is -2.19. The number of hydrogen-bond donors (Lipinski definition) is 2. The van der Waals surface area contributed by atoms with Crippen LogP contribution in [0.5, 0.6) is 0 Å². The number of carboxylic acid groups (broad SMARTS) is 2. The molecule has 0 aromatic heterocycles. The van der Waals surface area contributed by atoms with Crippen LogP contribution in [0.25, 0.3) is 0 Å². The van der Waals surface area contributed by atoms with E-state index in [1.807, 2.05) is 0 Å². The fraction of sp³-hybridized carbons (Fsp3) is 0.579. The van der Waals surface area contributed by atoms with Gasteiger partial charge in [0.1, 0.15) is 0 Å². The molecule has 0 aliphatic carbocycles.